The Morgan fingerprint density at radius 2 is 1.93 bits per heavy atom. The van der Waals surface area contributed by atoms with Gasteiger partial charge in [0, 0.05) is 35.7 Å². The van der Waals surface area contributed by atoms with Crippen LogP contribution in [0.5, 0.6) is 0 Å². The molecule has 1 aromatic carbocycles. The molecule has 9 heteroatoms. The average molecular weight is 399 g/mol. The highest BCUT2D eigenvalue weighted by atomic mass is 19.1. The van der Waals surface area contributed by atoms with E-state index in [1.54, 1.807) is 6.92 Å². The average Bonchev–Trinajstić information content (AvgIpc) is 3.07. The third-order valence-electron chi connectivity index (χ3n) is 5.16. The Hall–Kier alpha value is -3.10. The summed E-state index contributed by atoms with van der Waals surface area (Å²) in [5.41, 5.74) is 1.44. The molecule has 1 saturated carbocycles. The molecule has 1 fully saturated rings. The lowest BCUT2D eigenvalue weighted by atomic mass is 9.83. The number of aromatic amines is 1. The predicted octanol–water partition coefficient (Wildman–Crippen LogP) is 4.62. The minimum absolute atomic E-state index is 0.310. The Morgan fingerprint density at radius 1 is 1.14 bits per heavy atom. The van der Waals surface area contributed by atoms with Crippen molar-refractivity contribution in [2.45, 2.75) is 51.5 Å². The normalized spacial score (nSPS) is 15.0. The second-order valence-electron chi connectivity index (χ2n) is 7.25. The Bertz CT molecular complexity index is 1000. The van der Waals surface area contributed by atoms with E-state index in [0.717, 1.165) is 11.8 Å². The van der Waals surface area contributed by atoms with Gasteiger partial charge in [-0.2, -0.15) is 20.1 Å². The van der Waals surface area contributed by atoms with E-state index >= 15 is 0 Å². The van der Waals surface area contributed by atoms with E-state index in [0.29, 0.717) is 41.4 Å². The number of hydrogen-bond donors (Lipinski definition) is 3. The van der Waals surface area contributed by atoms with Gasteiger partial charge in [-0.3, -0.25) is 5.10 Å². The molecule has 3 N–H and O–H groups in total. The molecular weight excluding hydrogens is 376 g/mol. The third-order valence-corrected chi connectivity index (χ3v) is 5.16. The van der Waals surface area contributed by atoms with Gasteiger partial charge in [0.1, 0.15) is 17.5 Å². The Morgan fingerprint density at radius 3 is 2.62 bits per heavy atom. The van der Waals surface area contributed by atoms with Crippen molar-refractivity contribution in [1.82, 2.24) is 25.1 Å². The van der Waals surface area contributed by atoms with Crippen LogP contribution in [0.15, 0.2) is 24.3 Å². The molecule has 4 rings (SSSR count). The van der Waals surface area contributed by atoms with Gasteiger partial charge in [0.05, 0.1) is 6.04 Å². The molecule has 3 aromatic rings. The molecular formula is C20H23F2N7. The van der Waals surface area contributed by atoms with Crippen LogP contribution in [0.2, 0.25) is 0 Å². The summed E-state index contributed by atoms with van der Waals surface area (Å²) >= 11 is 0. The number of rotatable bonds is 7. The Balaban J connectivity index is 1.52. The maximum atomic E-state index is 14.1. The zero-order valence-electron chi connectivity index (χ0n) is 16.3. The fourth-order valence-electron chi connectivity index (χ4n) is 3.27. The number of aryl methyl sites for hydroxylation is 1. The van der Waals surface area contributed by atoms with Crippen molar-refractivity contribution in [3.8, 4) is 0 Å². The highest BCUT2D eigenvalue weighted by Crippen LogP contribution is 2.36. The van der Waals surface area contributed by atoms with Gasteiger partial charge < -0.3 is 10.6 Å². The SMILES string of the molecule is CCc1nc(Nc2cc(C3CCC3)[nH]n2)nc(NC(C)c2ccc(F)cc2F)n1. The van der Waals surface area contributed by atoms with Crippen LogP contribution < -0.4 is 10.6 Å². The molecule has 1 aliphatic rings. The quantitative estimate of drug-likeness (QED) is 0.537. The Kier molecular flexibility index (Phi) is 5.37. The molecule has 1 unspecified atom stereocenters. The zero-order valence-corrected chi connectivity index (χ0v) is 16.3. The molecule has 0 saturated heterocycles. The van der Waals surface area contributed by atoms with Gasteiger partial charge in [-0.05, 0) is 25.8 Å². The first-order valence-corrected chi connectivity index (χ1v) is 9.80. The summed E-state index contributed by atoms with van der Waals surface area (Å²) in [6, 6.07) is 5.03. The van der Waals surface area contributed by atoms with Crippen LogP contribution in [-0.2, 0) is 6.42 Å². The molecule has 0 bridgehead atoms. The summed E-state index contributed by atoms with van der Waals surface area (Å²) in [6.45, 7) is 3.70. The summed E-state index contributed by atoms with van der Waals surface area (Å²) in [7, 11) is 0. The van der Waals surface area contributed by atoms with Crippen molar-refractivity contribution in [2.24, 2.45) is 0 Å². The molecule has 2 aromatic heterocycles. The van der Waals surface area contributed by atoms with Crippen LogP contribution in [0, 0.1) is 11.6 Å². The molecule has 1 aliphatic carbocycles. The van der Waals surface area contributed by atoms with Gasteiger partial charge in [0.2, 0.25) is 11.9 Å². The number of nitrogens with zero attached hydrogens (tertiary/aromatic N) is 4. The molecule has 29 heavy (non-hydrogen) atoms. The minimum atomic E-state index is -0.617. The molecule has 0 radical (unpaired) electrons. The topological polar surface area (TPSA) is 91.4 Å². The van der Waals surface area contributed by atoms with Crippen LogP contribution in [-0.4, -0.2) is 25.1 Å². The largest absolute Gasteiger partial charge is 0.347 e. The molecule has 152 valence electrons. The van der Waals surface area contributed by atoms with Crippen molar-refractivity contribution in [2.75, 3.05) is 10.6 Å². The van der Waals surface area contributed by atoms with E-state index in [2.05, 4.69) is 35.8 Å². The van der Waals surface area contributed by atoms with Crippen molar-refractivity contribution >= 4 is 17.7 Å². The van der Waals surface area contributed by atoms with Crippen LogP contribution in [0.1, 0.15) is 62.2 Å². The lowest BCUT2D eigenvalue weighted by Gasteiger charge is -2.23. The number of aromatic nitrogens is 5. The predicted molar refractivity (Wildman–Crippen MR) is 106 cm³/mol. The van der Waals surface area contributed by atoms with Gasteiger partial charge in [0.15, 0.2) is 5.82 Å². The van der Waals surface area contributed by atoms with E-state index in [4.69, 9.17) is 0 Å². The van der Waals surface area contributed by atoms with E-state index in [1.807, 2.05) is 13.0 Å². The summed E-state index contributed by atoms with van der Waals surface area (Å²) in [6.07, 6.45) is 4.22. The lowest BCUT2D eigenvalue weighted by Crippen LogP contribution is -2.14. The fraction of sp³-hybridized carbons (Fsp3) is 0.400. The molecule has 0 spiro atoms. The first-order chi connectivity index (χ1) is 14.0. The molecule has 0 amide bonds. The minimum Gasteiger partial charge on any atom is -0.347 e. The van der Waals surface area contributed by atoms with E-state index in [9.17, 15) is 8.78 Å². The van der Waals surface area contributed by atoms with Crippen LogP contribution >= 0.6 is 0 Å². The number of benzene rings is 1. The Labute approximate surface area is 167 Å². The summed E-state index contributed by atoms with van der Waals surface area (Å²) in [5.74, 6) is 1.22. The number of halogens is 2. The highest BCUT2D eigenvalue weighted by Gasteiger charge is 2.22. The molecule has 7 nitrogen and oxygen atoms in total. The van der Waals surface area contributed by atoms with Gasteiger partial charge in [-0.15, -0.1) is 0 Å². The van der Waals surface area contributed by atoms with Gasteiger partial charge >= 0.3 is 0 Å². The second-order valence-corrected chi connectivity index (χ2v) is 7.25. The van der Waals surface area contributed by atoms with Crippen LogP contribution in [0.4, 0.5) is 26.5 Å². The molecule has 0 aliphatic heterocycles. The van der Waals surface area contributed by atoms with Crippen LogP contribution in [0.25, 0.3) is 0 Å². The van der Waals surface area contributed by atoms with Crippen LogP contribution in [0.3, 0.4) is 0 Å². The third kappa shape index (κ3) is 4.33. The summed E-state index contributed by atoms with van der Waals surface area (Å²) in [5, 5.41) is 13.5. The number of H-pyrrole nitrogens is 1. The summed E-state index contributed by atoms with van der Waals surface area (Å²) in [4.78, 5) is 13.1. The first kappa shape index (κ1) is 19.2. The monoisotopic (exact) mass is 399 g/mol. The van der Waals surface area contributed by atoms with E-state index in [1.165, 1.54) is 31.4 Å². The van der Waals surface area contributed by atoms with Gasteiger partial charge in [-0.25, -0.2) is 8.78 Å². The van der Waals surface area contributed by atoms with Crippen molar-refractivity contribution in [1.29, 1.82) is 0 Å². The second kappa shape index (κ2) is 8.10. The summed E-state index contributed by atoms with van der Waals surface area (Å²) < 4.78 is 27.2. The number of anilines is 3. The van der Waals surface area contributed by atoms with Gasteiger partial charge in [0.25, 0.3) is 0 Å². The number of hydrogen-bond acceptors (Lipinski definition) is 6. The maximum absolute atomic E-state index is 14.1. The maximum Gasteiger partial charge on any atom is 0.233 e. The standard InChI is InChI=1S/C20H23F2N7/c1-3-17-24-19(23-11(2)14-8-7-13(21)9-15(14)22)27-20(25-17)26-18-10-16(28-29-18)12-5-4-6-12/h7-12H,3-6H2,1-2H3,(H3,23,24,25,26,27,28,29). The zero-order chi connectivity index (χ0) is 20.4. The van der Waals surface area contributed by atoms with E-state index < -0.39 is 17.7 Å². The van der Waals surface area contributed by atoms with Gasteiger partial charge in [-0.1, -0.05) is 19.4 Å². The number of nitrogens with one attached hydrogen (secondary N) is 3. The molecule has 2 heterocycles. The fourth-order valence-corrected chi connectivity index (χ4v) is 3.27. The van der Waals surface area contributed by atoms with Crippen molar-refractivity contribution in [3.63, 3.8) is 0 Å². The highest BCUT2D eigenvalue weighted by molar-refractivity contribution is 5.50. The smallest absolute Gasteiger partial charge is 0.233 e. The van der Waals surface area contributed by atoms with Crippen molar-refractivity contribution in [3.05, 3.63) is 53.0 Å². The lowest BCUT2D eigenvalue weighted by molar-refractivity contribution is 0.410. The van der Waals surface area contributed by atoms with Crippen molar-refractivity contribution < 1.29 is 8.78 Å². The first-order valence-electron chi connectivity index (χ1n) is 9.80. The molecule has 1 atom stereocenters. The van der Waals surface area contributed by atoms with E-state index in [-0.39, 0.29) is 0 Å².